The molecule has 1 nitrogen and oxygen atoms in total. The van der Waals surface area contributed by atoms with Crippen molar-refractivity contribution in [2.24, 2.45) is 0 Å². The number of hydrogen-bond donors (Lipinski definition) is 0. The molecule has 0 bridgehead atoms. The number of methoxy groups -OCH3 is 1. The van der Waals surface area contributed by atoms with E-state index in [2.05, 4.69) is 107 Å². The van der Waals surface area contributed by atoms with Crippen molar-refractivity contribution >= 4 is 29.4 Å². The normalized spacial score (nSPS) is 16.2. The van der Waals surface area contributed by atoms with Crippen LogP contribution in [0.15, 0.2) is 30.3 Å². The Hall–Kier alpha value is 0.384. The van der Waals surface area contributed by atoms with Gasteiger partial charge in [0.15, 0.2) is 0 Å². The fraction of sp³-hybridized carbons (Fsp3) is 0.677. The molecule has 1 aliphatic carbocycles. The molecule has 214 valence electrons. The van der Waals surface area contributed by atoms with Crippen LogP contribution in [0.5, 0.6) is 5.75 Å². The van der Waals surface area contributed by atoms with Gasteiger partial charge in [0, 0.05) is 0 Å². The van der Waals surface area contributed by atoms with E-state index in [1.807, 2.05) is 14.1 Å². The van der Waals surface area contributed by atoms with E-state index < -0.39 is 55.3 Å². The van der Waals surface area contributed by atoms with Crippen molar-refractivity contribution < 1.29 is 35.9 Å². The number of aryl methyl sites for hydroxylation is 1. The molecule has 1 aliphatic rings. The summed E-state index contributed by atoms with van der Waals surface area (Å²) in [5.41, 5.74) is 6.27. The van der Waals surface area contributed by atoms with E-state index in [0.29, 0.717) is 0 Å². The maximum absolute atomic E-state index is 6.31. The Labute approximate surface area is 240 Å². The third kappa shape index (κ3) is 7.31. The second-order valence-electron chi connectivity index (χ2n) is 14.4. The second-order valence-corrected chi connectivity index (χ2v) is 36.0. The predicted octanol–water partition coefficient (Wildman–Crippen LogP) is 9.74. The van der Waals surface area contributed by atoms with Crippen LogP contribution < -0.4 is 9.92 Å². The standard InChI is InChI=1S/C23H35OSi.2C4H11Si.Lu/c1-10-25(11-2,20-14-16(3)12-18(20)5)21-15-17(4)13-19(22(21)24-9)23(6,7)8;2*1-5(2,3)4;/h13,15H,10-11,14H2,1-9H3;2*1H2,2-4H3;. The summed E-state index contributed by atoms with van der Waals surface area (Å²) in [5, 5.41) is 3.40. The van der Waals surface area contributed by atoms with Crippen LogP contribution in [0.25, 0.3) is 0 Å². The Kier molecular flexibility index (Phi) is 10.7. The third-order valence-corrected chi connectivity index (χ3v) is 31.3. The second kappa shape index (κ2) is 11.9. The molecule has 1 aromatic rings. The molecule has 1 aromatic carbocycles. The number of allylic oxidation sites excluding steroid dienone is 4. The molecule has 36 heavy (non-hydrogen) atoms. The van der Waals surface area contributed by atoms with E-state index >= 15 is 0 Å². The Bertz CT molecular complexity index is 996. The molecule has 0 saturated heterocycles. The molecule has 0 N–H and O–H groups in total. The van der Waals surface area contributed by atoms with Gasteiger partial charge in [0.25, 0.3) is 0 Å². The summed E-state index contributed by atoms with van der Waals surface area (Å²) in [6.07, 6.45) is 1.21. The van der Waals surface area contributed by atoms with Gasteiger partial charge in [-0.1, -0.05) is 0 Å². The monoisotopic (exact) mass is 704 g/mol. The van der Waals surface area contributed by atoms with Crippen molar-refractivity contribution in [3.05, 3.63) is 41.4 Å². The minimum atomic E-state index is -1.95. The molecular weight excluding hydrogens is 648 g/mol. The van der Waals surface area contributed by atoms with Crippen molar-refractivity contribution in [1.29, 1.82) is 0 Å². The van der Waals surface area contributed by atoms with Gasteiger partial charge in [0.1, 0.15) is 0 Å². The summed E-state index contributed by atoms with van der Waals surface area (Å²) in [6.45, 7) is 34.8. The van der Waals surface area contributed by atoms with E-state index in [4.69, 9.17) is 4.74 Å². The van der Waals surface area contributed by atoms with Crippen molar-refractivity contribution in [3.8, 4) is 5.75 Å². The van der Waals surface area contributed by atoms with E-state index in [1.165, 1.54) is 39.9 Å². The van der Waals surface area contributed by atoms with Crippen LogP contribution in [-0.4, -0.2) is 31.3 Å². The van der Waals surface area contributed by atoms with Crippen LogP contribution in [0, 0.1) is 38.0 Å². The summed E-state index contributed by atoms with van der Waals surface area (Å²) in [4.78, 5) is 0. The molecule has 0 fully saturated rings. The Morgan fingerprint density at radius 1 is 0.861 bits per heavy atom. The quantitative estimate of drug-likeness (QED) is 0.221. The van der Waals surface area contributed by atoms with E-state index in [9.17, 15) is 0 Å². The van der Waals surface area contributed by atoms with Gasteiger partial charge in [-0.3, -0.25) is 0 Å². The first kappa shape index (κ1) is 32.6. The zero-order valence-electron chi connectivity index (χ0n) is 26.4. The van der Waals surface area contributed by atoms with Crippen molar-refractivity contribution in [1.82, 2.24) is 0 Å². The first-order chi connectivity index (χ1) is 16.3. The molecule has 0 radical (unpaired) electrons. The summed E-state index contributed by atoms with van der Waals surface area (Å²) in [7, 11) is -2.32. The van der Waals surface area contributed by atoms with E-state index in [1.54, 1.807) is 16.3 Å². The van der Waals surface area contributed by atoms with Gasteiger partial charge in [-0.05, 0) is 0 Å². The first-order valence-corrected chi connectivity index (χ1v) is 26.8. The van der Waals surface area contributed by atoms with Gasteiger partial charge in [-0.2, -0.15) is 0 Å². The zero-order valence-corrected chi connectivity index (χ0v) is 31.0. The molecule has 0 saturated carbocycles. The molecule has 0 aromatic heterocycles. The van der Waals surface area contributed by atoms with Crippen LogP contribution in [0.1, 0.15) is 66.0 Å². The molecular formula is C31H57LuOSi3. The van der Waals surface area contributed by atoms with Gasteiger partial charge in [-0.15, -0.1) is 0 Å². The van der Waals surface area contributed by atoms with Gasteiger partial charge in [-0.25, -0.2) is 0 Å². The Morgan fingerprint density at radius 2 is 1.36 bits per heavy atom. The number of benzene rings is 1. The first-order valence-electron chi connectivity index (χ1n) is 13.8. The molecule has 0 amide bonds. The fourth-order valence-corrected chi connectivity index (χ4v) is 31.3. The van der Waals surface area contributed by atoms with Crippen molar-refractivity contribution in [2.75, 3.05) is 7.11 Å². The topological polar surface area (TPSA) is 9.23 Å². The van der Waals surface area contributed by atoms with Crippen LogP contribution >= 0.6 is 0 Å². The van der Waals surface area contributed by atoms with Crippen molar-refractivity contribution in [2.45, 2.75) is 123 Å². The number of hydrogen-bond acceptors (Lipinski definition) is 1. The number of ether oxygens (including phenoxy) is 1. The average Bonchev–Trinajstić information content (AvgIpc) is 3.00. The van der Waals surface area contributed by atoms with Gasteiger partial charge < -0.3 is 0 Å². The molecule has 0 heterocycles. The number of rotatable bonds is 10. The Morgan fingerprint density at radius 3 is 1.75 bits per heavy atom. The van der Waals surface area contributed by atoms with Crippen LogP contribution in [0.4, 0.5) is 0 Å². The van der Waals surface area contributed by atoms with Crippen LogP contribution in [0.2, 0.25) is 55.9 Å². The minimum absolute atomic E-state index is 0.0669. The van der Waals surface area contributed by atoms with E-state index in [0.717, 1.165) is 0 Å². The zero-order chi connectivity index (χ0) is 27.9. The SMILES string of the molecule is CC[Si](CC)(C1=C(C)[C]([Lu]([CH2][Si](C)(C)C)[CH2][Si](C)(C)C)=C(C)C1)c1cc(C)cc(C(C)(C)C)c1OC. The molecule has 0 atom stereocenters. The summed E-state index contributed by atoms with van der Waals surface area (Å²) < 4.78 is 11.2. The molecule has 0 spiro atoms. The summed E-state index contributed by atoms with van der Waals surface area (Å²) in [5.74, 6) is 1.19. The summed E-state index contributed by atoms with van der Waals surface area (Å²) >= 11 is -0.659. The van der Waals surface area contributed by atoms with Crippen molar-refractivity contribution in [3.63, 3.8) is 0 Å². The maximum atomic E-state index is 6.31. The molecule has 0 aliphatic heterocycles. The van der Waals surface area contributed by atoms with Gasteiger partial charge in [0.05, 0.1) is 0 Å². The van der Waals surface area contributed by atoms with Crippen LogP contribution in [0.3, 0.4) is 0 Å². The predicted molar refractivity (Wildman–Crippen MR) is 169 cm³/mol. The summed E-state index contributed by atoms with van der Waals surface area (Å²) in [6, 6.07) is 7.40. The molecule has 5 heteroatoms. The molecule has 2 rings (SSSR count). The average molecular weight is 705 g/mol. The molecule has 0 unspecified atom stereocenters. The van der Waals surface area contributed by atoms with Gasteiger partial charge >= 0.3 is 243 Å². The Balaban J connectivity index is 2.81. The third-order valence-electron chi connectivity index (χ3n) is 7.00. The fourth-order valence-electron chi connectivity index (χ4n) is 5.63. The van der Waals surface area contributed by atoms with Crippen LogP contribution in [-0.2, 0) is 5.41 Å². The van der Waals surface area contributed by atoms with Gasteiger partial charge in [0.2, 0.25) is 0 Å². The van der Waals surface area contributed by atoms with E-state index in [-0.39, 0.29) is 5.41 Å².